The monoisotopic (exact) mass is 305 g/mol. The van der Waals surface area contributed by atoms with Gasteiger partial charge in [-0.2, -0.15) is 0 Å². The Morgan fingerprint density at radius 3 is 2.04 bits per heavy atom. The van der Waals surface area contributed by atoms with Gasteiger partial charge in [-0.3, -0.25) is 0 Å². The van der Waals surface area contributed by atoms with Crippen LogP contribution in [0.5, 0.6) is 0 Å². The first-order chi connectivity index (χ1) is 11.2. The molecule has 2 aromatic carbocycles. The summed E-state index contributed by atoms with van der Waals surface area (Å²) in [5, 5.41) is 11.2. The van der Waals surface area contributed by atoms with Crippen molar-refractivity contribution in [2.45, 2.75) is 18.4 Å². The molecular formula is C21H23NO. The largest absolute Gasteiger partial charge is 0.384 e. The zero-order chi connectivity index (χ0) is 15.7. The summed E-state index contributed by atoms with van der Waals surface area (Å²) in [6.45, 7) is 3.08. The van der Waals surface area contributed by atoms with Crippen molar-refractivity contribution < 1.29 is 5.11 Å². The number of aliphatic hydroxyl groups is 1. The van der Waals surface area contributed by atoms with Crippen LogP contribution in [0.25, 0.3) is 12.2 Å². The second-order valence-electron chi connectivity index (χ2n) is 6.84. The molecule has 3 aliphatic rings. The van der Waals surface area contributed by atoms with Crippen molar-refractivity contribution in [1.82, 2.24) is 4.90 Å². The molecule has 2 aromatic rings. The quantitative estimate of drug-likeness (QED) is 0.873. The summed E-state index contributed by atoms with van der Waals surface area (Å²) in [5.74, 6) is 0.415. The first-order valence-corrected chi connectivity index (χ1v) is 8.52. The van der Waals surface area contributed by atoms with Gasteiger partial charge in [0.15, 0.2) is 0 Å². The first-order valence-electron chi connectivity index (χ1n) is 8.52. The number of piperidine rings is 3. The van der Waals surface area contributed by atoms with Crippen molar-refractivity contribution in [3.05, 3.63) is 71.3 Å². The Morgan fingerprint density at radius 2 is 1.48 bits per heavy atom. The Balaban J connectivity index is 1.53. The predicted octanol–water partition coefficient (Wildman–Crippen LogP) is 3.77. The molecule has 2 bridgehead atoms. The van der Waals surface area contributed by atoms with Gasteiger partial charge in [0, 0.05) is 6.54 Å². The number of hydrogen-bond donors (Lipinski definition) is 1. The third-order valence-corrected chi connectivity index (χ3v) is 5.41. The fraction of sp³-hybridized carbons (Fsp3) is 0.333. The molecule has 5 rings (SSSR count). The van der Waals surface area contributed by atoms with Crippen LogP contribution in [0, 0.1) is 5.92 Å². The first kappa shape index (κ1) is 14.7. The highest BCUT2D eigenvalue weighted by molar-refractivity contribution is 5.69. The van der Waals surface area contributed by atoms with E-state index in [0.717, 1.165) is 38.0 Å². The zero-order valence-electron chi connectivity index (χ0n) is 13.4. The van der Waals surface area contributed by atoms with Crippen LogP contribution in [-0.2, 0) is 5.60 Å². The second kappa shape index (κ2) is 5.95. The zero-order valence-corrected chi connectivity index (χ0v) is 13.4. The van der Waals surface area contributed by atoms with Crippen LogP contribution < -0.4 is 0 Å². The lowest BCUT2D eigenvalue weighted by molar-refractivity contribution is -0.117. The molecule has 0 saturated carbocycles. The number of hydrogen-bond acceptors (Lipinski definition) is 2. The minimum absolute atomic E-state index is 0.415. The smallest absolute Gasteiger partial charge is 0.105 e. The van der Waals surface area contributed by atoms with Crippen LogP contribution in [0.15, 0.2) is 54.6 Å². The SMILES string of the molecule is OC1(c2ccc(C=Cc3ccccc3)cc2)CN2CCC1CC2. The number of benzene rings is 2. The fourth-order valence-electron chi connectivity index (χ4n) is 4.01. The molecule has 2 heteroatoms. The maximum atomic E-state index is 11.2. The summed E-state index contributed by atoms with van der Waals surface area (Å²) in [7, 11) is 0. The summed E-state index contributed by atoms with van der Waals surface area (Å²) >= 11 is 0. The van der Waals surface area contributed by atoms with Gasteiger partial charge in [-0.25, -0.2) is 0 Å². The van der Waals surface area contributed by atoms with Crippen LogP contribution in [0.2, 0.25) is 0 Å². The lowest BCUT2D eigenvalue weighted by Gasteiger charge is -2.50. The van der Waals surface area contributed by atoms with E-state index < -0.39 is 5.60 Å². The number of fused-ring (bicyclic) bond motifs is 3. The molecular weight excluding hydrogens is 282 g/mol. The second-order valence-corrected chi connectivity index (χ2v) is 6.84. The van der Waals surface area contributed by atoms with Crippen LogP contribution >= 0.6 is 0 Å². The van der Waals surface area contributed by atoms with E-state index in [1.54, 1.807) is 0 Å². The standard InChI is InChI=1S/C21H23NO/c23-21(16-22-14-12-20(21)13-15-22)19-10-8-18(9-11-19)7-6-17-4-2-1-3-5-17/h1-11,20,23H,12-16H2. The van der Waals surface area contributed by atoms with Crippen molar-refractivity contribution in [2.75, 3.05) is 19.6 Å². The molecule has 0 aliphatic carbocycles. The van der Waals surface area contributed by atoms with Gasteiger partial charge in [0.25, 0.3) is 0 Å². The maximum absolute atomic E-state index is 11.2. The molecule has 2 nitrogen and oxygen atoms in total. The maximum Gasteiger partial charge on any atom is 0.105 e. The molecule has 1 N–H and O–H groups in total. The van der Waals surface area contributed by atoms with E-state index >= 15 is 0 Å². The summed E-state index contributed by atoms with van der Waals surface area (Å²) in [4.78, 5) is 2.39. The van der Waals surface area contributed by atoms with Crippen molar-refractivity contribution in [3.8, 4) is 0 Å². The topological polar surface area (TPSA) is 23.5 Å². The van der Waals surface area contributed by atoms with Crippen molar-refractivity contribution in [3.63, 3.8) is 0 Å². The Morgan fingerprint density at radius 1 is 0.870 bits per heavy atom. The lowest BCUT2D eigenvalue weighted by atomic mass is 9.71. The number of nitrogens with zero attached hydrogens (tertiary/aromatic N) is 1. The van der Waals surface area contributed by atoms with Gasteiger partial charge in [-0.05, 0) is 48.5 Å². The highest BCUT2D eigenvalue weighted by Crippen LogP contribution is 2.42. The molecule has 1 unspecified atom stereocenters. The molecule has 1 atom stereocenters. The van der Waals surface area contributed by atoms with Gasteiger partial charge in [0.2, 0.25) is 0 Å². The van der Waals surface area contributed by atoms with Crippen molar-refractivity contribution >= 4 is 12.2 Å². The highest BCUT2D eigenvalue weighted by Gasteiger charge is 2.46. The summed E-state index contributed by atoms with van der Waals surface area (Å²) in [6.07, 6.45) is 6.48. The molecule has 118 valence electrons. The van der Waals surface area contributed by atoms with Gasteiger partial charge < -0.3 is 10.0 Å². The van der Waals surface area contributed by atoms with E-state index in [1.165, 1.54) is 11.1 Å². The molecule has 3 heterocycles. The Bertz CT molecular complexity index is 684. The molecule has 3 aliphatic heterocycles. The third-order valence-electron chi connectivity index (χ3n) is 5.41. The van der Waals surface area contributed by atoms with Crippen LogP contribution in [0.3, 0.4) is 0 Å². The minimum atomic E-state index is -0.655. The van der Waals surface area contributed by atoms with E-state index in [-0.39, 0.29) is 0 Å². The van der Waals surface area contributed by atoms with Crippen LogP contribution in [-0.4, -0.2) is 29.6 Å². The van der Waals surface area contributed by atoms with Crippen LogP contribution in [0.1, 0.15) is 29.5 Å². The molecule has 0 radical (unpaired) electrons. The fourth-order valence-corrected chi connectivity index (χ4v) is 4.01. The van der Waals surface area contributed by atoms with E-state index in [9.17, 15) is 5.11 Å². The Kier molecular flexibility index (Phi) is 3.80. The molecule has 0 aromatic heterocycles. The number of rotatable bonds is 3. The predicted molar refractivity (Wildman–Crippen MR) is 94.9 cm³/mol. The molecule has 3 fully saturated rings. The van der Waals surface area contributed by atoms with Gasteiger partial charge >= 0.3 is 0 Å². The molecule has 23 heavy (non-hydrogen) atoms. The third kappa shape index (κ3) is 2.85. The average Bonchev–Trinajstić information content (AvgIpc) is 2.62. The summed E-state index contributed by atoms with van der Waals surface area (Å²) in [6, 6.07) is 18.8. The van der Waals surface area contributed by atoms with Crippen molar-refractivity contribution in [2.24, 2.45) is 5.92 Å². The average molecular weight is 305 g/mol. The van der Waals surface area contributed by atoms with Gasteiger partial charge in [-0.1, -0.05) is 66.7 Å². The van der Waals surface area contributed by atoms with E-state index in [0.29, 0.717) is 5.92 Å². The highest BCUT2D eigenvalue weighted by atomic mass is 16.3. The minimum Gasteiger partial charge on any atom is -0.384 e. The van der Waals surface area contributed by atoms with E-state index in [2.05, 4.69) is 53.5 Å². The Labute approximate surface area is 138 Å². The molecule has 0 spiro atoms. The molecule has 3 saturated heterocycles. The van der Waals surface area contributed by atoms with E-state index in [1.807, 2.05) is 18.2 Å². The van der Waals surface area contributed by atoms with Gasteiger partial charge in [-0.15, -0.1) is 0 Å². The molecule has 0 amide bonds. The Hall–Kier alpha value is -1.90. The normalized spacial score (nSPS) is 30.0. The van der Waals surface area contributed by atoms with E-state index in [4.69, 9.17) is 0 Å². The van der Waals surface area contributed by atoms with Gasteiger partial charge in [0.1, 0.15) is 5.60 Å². The van der Waals surface area contributed by atoms with Crippen molar-refractivity contribution in [1.29, 1.82) is 0 Å². The summed E-state index contributed by atoms with van der Waals surface area (Å²) in [5.41, 5.74) is 2.79. The lowest BCUT2D eigenvalue weighted by Crippen LogP contribution is -2.57. The van der Waals surface area contributed by atoms with Gasteiger partial charge in [0.05, 0.1) is 0 Å². The summed E-state index contributed by atoms with van der Waals surface area (Å²) < 4.78 is 0. The van der Waals surface area contributed by atoms with Crippen LogP contribution in [0.4, 0.5) is 0 Å².